The smallest absolute Gasteiger partial charge is 0.218 e. The quantitative estimate of drug-likeness (QED) is 0.792. The summed E-state index contributed by atoms with van der Waals surface area (Å²) >= 11 is 5.66. The molecule has 0 radical (unpaired) electrons. The Hall–Kier alpha value is -1.44. The summed E-state index contributed by atoms with van der Waals surface area (Å²) in [6.45, 7) is 2.94. The number of rotatable bonds is 5. The molecule has 1 aliphatic heterocycles. The van der Waals surface area contributed by atoms with Gasteiger partial charge in [-0.25, -0.2) is 17.8 Å². The van der Waals surface area contributed by atoms with Crippen molar-refractivity contribution in [3.8, 4) is 0 Å². The van der Waals surface area contributed by atoms with E-state index in [1.807, 2.05) is 13.1 Å². The Morgan fingerprint density at radius 3 is 2.92 bits per heavy atom. The van der Waals surface area contributed by atoms with Crippen LogP contribution in [0.1, 0.15) is 37.2 Å². The van der Waals surface area contributed by atoms with Gasteiger partial charge in [0.1, 0.15) is 11.6 Å². The highest BCUT2D eigenvalue weighted by atomic mass is 35.5. The molecule has 1 atom stereocenters. The number of nitrogens with zero attached hydrogens (tertiary/aromatic N) is 3. The number of benzene rings is 1. The minimum atomic E-state index is -3.52. The second kappa shape index (κ2) is 7.43. The van der Waals surface area contributed by atoms with Gasteiger partial charge in [0.15, 0.2) is 0 Å². The molecule has 1 unspecified atom stereocenters. The van der Waals surface area contributed by atoms with Crippen molar-refractivity contribution in [2.75, 3.05) is 13.1 Å². The van der Waals surface area contributed by atoms with Crippen molar-refractivity contribution in [3.63, 3.8) is 0 Å². The third kappa shape index (κ3) is 4.04. The molecule has 0 N–H and O–H groups in total. The molecule has 3 rings (SSSR count). The summed E-state index contributed by atoms with van der Waals surface area (Å²) in [6, 6.07) is 4.21. The van der Waals surface area contributed by atoms with Crippen LogP contribution in [0.25, 0.3) is 0 Å². The van der Waals surface area contributed by atoms with Crippen LogP contribution in [0.15, 0.2) is 30.6 Å². The molecule has 1 aromatic carbocycles. The summed E-state index contributed by atoms with van der Waals surface area (Å²) < 4.78 is 42.7. The predicted octanol–water partition coefficient (Wildman–Crippen LogP) is 3.40. The molecule has 5 nitrogen and oxygen atoms in total. The molecule has 136 valence electrons. The summed E-state index contributed by atoms with van der Waals surface area (Å²) in [6.07, 6.45) is 6.18. The second-order valence-electron chi connectivity index (χ2n) is 6.26. The fourth-order valence-corrected chi connectivity index (χ4v) is 4.99. The van der Waals surface area contributed by atoms with Crippen molar-refractivity contribution in [2.24, 2.45) is 0 Å². The maximum atomic E-state index is 13.6. The highest BCUT2D eigenvalue weighted by Crippen LogP contribution is 2.26. The monoisotopic (exact) mass is 385 g/mol. The normalized spacial score (nSPS) is 19.2. The molecule has 1 saturated heterocycles. The molecule has 0 bridgehead atoms. The Kier molecular flexibility index (Phi) is 5.46. The van der Waals surface area contributed by atoms with Gasteiger partial charge in [0, 0.05) is 37.9 Å². The molecule has 2 aromatic rings. The van der Waals surface area contributed by atoms with Crippen molar-refractivity contribution in [2.45, 2.75) is 38.0 Å². The average Bonchev–Trinajstić information content (AvgIpc) is 3.07. The van der Waals surface area contributed by atoms with Crippen LogP contribution in [0.4, 0.5) is 4.39 Å². The fraction of sp³-hybridized carbons (Fsp3) is 0.471. The first-order chi connectivity index (χ1) is 11.9. The number of hydrogen-bond donors (Lipinski definition) is 0. The zero-order chi connectivity index (χ0) is 18.0. The van der Waals surface area contributed by atoms with Gasteiger partial charge in [0.05, 0.1) is 10.8 Å². The molecule has 0 aliphatic carbocycles. The molecule has 0 amide bonds. The van der Waals surface area contributed by atoms with E-state index in [4.69, 9.17) is 11.6 Å². The number of hydrogen-bond acceptors (Lipinski definition) is 3. The molecule has 8 heteroatoms. The Labute approximate surface area is 152 Å². The lowest BCUT2D eigenvalue weighted by Crippen LogP contribution is -2.41. The van der Waals surface area contributed by atoms with E-state index in [9.17, 15) is 12.8 Å². The highest BCUT2D eigenvalue weighted by molar-refractivity contribution is 7.88. The lowest BCUT2D eigenvalue weighted by atomic mass is 10.1. The first kappa shape index (κ1) is 18.4. The van der Waals surface area contributed by atoms with Crippen LogP contribution in [0.3, 0.4) is 0 Å². The maximum Gasteiger partial charge on any atom is 0.218 e. The van der Waals surface area contributed by atoms with Crippen molar-refractivity contribution in [1.29, 1.82) is 0 Å². The standard InChI is InChI=1S/C17H21ClFN3O2S/c1-2-17-20-7-9-22(17)14-4-3-8-21(11-14)25(23,24)12-13-5-6-15(18)16(19)10-13/h5-7,9-10,14H,2-4,8,11-12H2,1H3. The largest absolute Gasteiger partial charge is 0.331 e. The van der Waals surface area contributed by atoms with Crippen LogP contribution in [0, 0.1) is 5.82 Å². The number of imidazole rings is 1. The lowest BCUT2D eigenvalue weighted by molar-refractivity contribution is 0.263. The SMILES string of the molecule is CCc1nccn1C1CCCN(S(=O)(=O)Cc2ccc(Cl)c(F)c2)C1. The van der Waals surface area contributed by atoms with Crippen LogP contribution in [0.5, 0.6) is 0 Å². The Balaban J connectivity index is 1.76. The van der Waals surface area contributed by atoms with Gasteiger partial charge in [-0.15, -0.1) is 0 Å². The molecular formula is C17H21ClFN3O2S. The van der Waals surface area contributed by atoms with E-state index in [-0.39, 0.29) is 16.8 Å². The Bertz CT molecular complexity index is 853. The topological polar surface area (TPSA) is 55.2 Å². The summed E-state index contributed by atoms with van der Waals surface area (Å²) in [7, 11) is -3.52. The molecule has 0 spiro atoms. The summed E-state index contributed by atoms with van der Waals surface area (Å²) in [5.74, 6) is 0.138. The van der Waals surface area contributed by atoms with Gasteiger partial charge in [-0.05, 0) is 30.5 Å². The van der Waals surface area contributed by atoms with Crippen molar-refractivity contribution >= 4 is 21.6 Å². The lowest BCUT2D eigenvalue weighted by Gasteiger charge is -2.33. The van der Waals surface area contributed by atoms with Crippen molar-refractivity contribution in [1.82, 2.24) is 13.9 Å². The van der Waals surface area contributed by atoms with Crippen LogP contribution >= 0.6 is 11.6 Å². The molecule has 1 aromatic heterocycles. The van der Waals surface area contributed by atoms with Crippen LogP contribution < -0.4 is 0 Å². The molecule has 25 heavy (non-hydrogen) atoms. The van der Waals surface area contributed by atoms with E-state index in [2.05, 4.69) is 9.55 Å². The van der Waals surface area contributed by atoms with Crippen LogP contribution in [-0.2, 0) is 22.2 Å². The second-order valence-corrected chi connectivity index (χ2v) is 8.64. The third-order valence-corrected chi connectivity index (χ3v) is 6.67. The first-order valence-corrected chi connectivity index (χ1v) is 10.3. The van der Waals surface area contributed by atoms with E-state index in [0.29, 0.717) is 18.7 Å². The van der Waals surface area contributed by atoms with E-state index in [1.54, 1.807) is 12.3 Å². The van der Waals surface area contributed by atoms with E-state index >= 15 is 0 Å². The number of aryl methyl sites for hydroxylation is 1. The van der Waals surface area contributed by atoms with Gasteiger partial charge in [0.25, 0.3) is 0 Å². The first-order valence-electron chi connectivity index (χ1n) is 8.34. The number of sulfonamides is 1. The van der Waals surface area contributed by atoms with E-state index < -0.39 is 15.8 Å². The molecule has 0 saturated carbocycles. The predicted molar refractivity (Wildman–Crippen MR) is 95.5 cm³/mol. The summed E-state index contributed by atoms with van der Waals surface area (Å²) in [4.78, 5) is 4.32. The van der Waals surface area contributed by atoms with Gasteiger partial charge < -0.3 is 4.57 Å². The van der Waals surface area contributed by atoms with Crippen LogP contribution in [-0.4, -0.2) is 35.4 Å². The average molecular weight is 386 g/mol. The van der Waals surface area contributed by atoms with Gasteiger partial charge in [-0.3, -0.25) is 0 Å². The summed E-state index contributed by atoms with van der Waals surface area (Å²) in [5.41, 5.74) is 0.404. The minimum absolute atomic E-state index is 0.00797. The molecule has 1 aliphatic rings. The van der Waals surface area contributed by atoms with Gasteiger partial charge in [0.2, 0.25) is 10.0 Å². The Morgan fingerprint density at radius 2 is 2.20 bits per heavy atom. The zero-order valence-electron chi connectivity index (χ0n) is 14.0. The van der Waals surface area contributed by atoms with Crippen LogP contribution in [0.2, 0.25) is 5.02 Å². The van der Waals surface area contributed by atoms with E-state index in [1.165, 1.54) is 16.4 Å². The maximum absolute atomic E-state index is 13.6. The number of piperidine rings is 1. The zero-order valence-corrected chi connectivity index (χ0v) is 15.6. The van der Waals surface area contributed by atoms with Crippen molar-refractivity contribution < 1.29 is 12.8 Å². The van der Waals surface area contributed by atoms with Gasteiger partial charge in [-0.1, -0.05) is 24.6 Å². The third-order valence-electron chi connectivity index (χ3n) is 4.54. The fourth-order valence-electron chi connectivity index (χ4n) is 3.28. The Morgan fingerprint density at radius 1 is 1.40 bits per heavy atom. The van der Waals surface area contributed by atoms with E-state index in [0.717, 1.165) is 25.1 Å². The number of halogens is 2. The highest BCUT2D eigenvalue weighted by Gasteiger charge is 2.30. The summed E-state index contributed by atoms with van der Waals surface area (Å²) in [5, 5.41) is -0.00797. The van der Waals surface area contributed by atoms with Gasteiger partial charge >= 0.3 is 0 Å². The minimum Gasteiger partial charge on any atom is -0.331 e. The molecule has 1 fully saturated rings. The molecule has 2 heterocycles. The molecular weight excluding hydrogens is 365 g/mol. The number of aromatic nitrogens is 2. The van der Waals surface area contributed by atoms with Gasteiger partial charge in [-0.2, -0.15) is 4.31 Å². The van der Waals surface area contributed by atoms with Crippen molar-refractivity contribution in [3.05, 3.63) is 52.8 Å².